The summed E-state index contributed by atoms with van der Waals surface area (Å²) in [5.41, 5.74) is 5.54. The normalized spacial score (nSPS) is 13.5. The van der Waals surface area contributed by atoms with E-state index >= 15 is 0 Å². The topological polar surface area (TPSA) is 105 Å². The molecule has 0 unspecified atom stereocenters. The number of rotatable bonds is 7. The molecule has 1 aliphatic rings. The summed E-state index contributed by atoms with van der Waals surface area (Å²) in [6.45, 7) is 0.989. The predicted octanol–water partition coefficient (Wildman–Crippen LogP) is 4.08. The first-order valence-corrected chi connectivity index (χ1v) is 11.8. The van der Waals surface area contributed by atoms with Crippen LogP contribution in [0.2, 0.25) is 5.02 Å². The molecule has 1 aromatic heterocycles. The van der Waals surface area contributed by atoms with Crippen LogP contribution in [0.15, 0.2) is 78.0 Å². The zero-order valence-electron chi connectivity index (χ0n) is 19.2. The standard InChI is InChI=1S/C27H23ClN4O4/c28-20-8-6-18(7-9-20)26(33)31-23(14-19-16-29-22-4-2-1-3-21(19)22)27(34)32-30-15-17-5-10-24-25(13-17)36-12-11-35-24/h1-10,13,15-16,23,29H,11-12,14H2,(H,31,33)(H,32,34)/b30-15-/t23-/m0/s1. The summed E-state index contributed by atoms with van der Waals surface area (Å²) in [4.78, 5) is 29.2. The minimum absolute atomic E-state index is 0.273. The fraction of sp³-hybridized carbons (Fsp3) is 0.148. The number of aromatic nitrogens is 1. The van der Waals surface area contributed by atoms with Gasteiger partial charge in [-0.3, -0.25) is 9.59 Å². The van der Waals surface area contributed by atoms with E-state index in [0.717, 1.165) is 22.0 Å². The van der Waals surface area contributed by atoms with Crippen LogP contribution in [0.4, 0.5) is 0 Å². The third-order valence-corrected chi connectivity index (χ3v) is 6.03. The van der Waals surface area contributed by atoms with E-state index in [-0.39, 0.29) is 12.3 Å². The van der Waals surface area contributed by atoms with E-state index in [1.165, 1.54) is 6.21 Å². The van der Waals surface area contributed by atoms with Gasteiger partial charge in [0, 0.05) is 34.1 Å². The highest BCUT2D eigenvalue weighted by molar-refractivity contribution is 6.30. The molecule has 0 radical (unpaired) electrons. The van der Waals surface area contributed by atoms with Crippen LogP contribution in [0.3, 0.4) is 0 Å². The largest absolute Gasteiger partial charge is 0.486 e. The second kappa shape index (κ2) is 10.5. The second-order valence-electron chi connectivity index (χ2n) is 8.23. The Balaban J connectivity index is 1.33. The van der Waals surface area contributed by atoms with Gasteiger partial charge < -0.3 is 19.8 Å². The molecule has 3 N–H and O–H groups in total. The van der Waals surface area contributed by atoms with E-state index in [4.69, 9.17) is 21.1 Å². The lowest BCUT2D eigenvalue weighted by Gasteiger charge is -2.18. The van der Waals surface area contributed by atoms with E-state index < -0.39 is 11.9 Å². The zero-order valence-corrected chi connectivity index (χ0v) is 19.9. The summed E-state index contributed by atoms with van der Waals surface area (Å²) in [7, 11) is 0. The molecule has 0 aliphatic carbocycles. The van der Waals surface area contributed by atoms with Crippen LogP contribution in [0.1, 0.15) is 21.5 Å². The highest BCUT2D eigenvalue weighted by Gasteiger charge is 2.23. The maximum Gasteiger partial charge on any atom is 0.262 e. The molecule has 1 atom stereocenters. The van der Waals surface area contributed by atoms with Gasteiger partial charge >= 0.3 is 0 Å². The minimum atomic E-state index is -0.871. The summed E-state index contributed by atoms with van der Waals surface area (Å²) in [6.07, 6.45) is 3.63. The van der Waals surface area contributed by atoms with Gasteiger partial charge in [-0.25, -0.2) is 5.43 Å². The molecular formula is C27H23ClN4O4. The molecule has 36 heavy (non-hydrogen) atoms. The molecule has 182 valence electrons. The number of nitrogens with zero attached hydrogens (tertiary/aromatic N) is 1. The van der Waals surface area contributed by atoms with Gasteiger partial charge in [-0.05, 0) is 59.7 Å². The minimum Gasteiger partial charge on any atom is -0.486 e. The first-order chi connectivity index (χ1) is 17.6. The first-order valence-electron chi connectivity index (χ1n) is 11.4. The van der Waals surface area contributed by atoms with Crippen molar-refractivity contribution in [3.05, 3.63) is 94.6 Å². The van der Waals surface area contributed by atoms with Crippen LogP contribution in [-0.4, -0.2) is 42.3 Å². The number of ether oxygens (including phenoxy) is 2. The number of nitrogens with one attached hydrogen (secondary N) is 3. The molecule has 3 aromatic carbocycles. The lowest BCUT2D eigenvalue weighted by atomic mass is 10.0. The van der Waals surface area contributed by atoms with Crippen LogP contribution >= 0.6 is 11.6 Å². The van der Waals surface area contributed by atoms with Gasteiger partial charge in [-0.2, -0.15) is 5.10 Å². The van der Waals surface area contributed by atoms with Crippen molar-refractivity contribution in [3.8, 4) is 11.5 Å². The van der Waals surface area contributed by atoms with E-state index in [1.54, 1.807) is 36.4 Å². The molecule has 9 heteroatoms. The Morgan fingerprint density at radius 1 is 1.03 bits per heavy atom. The molecule has 2 amide bonds. The number of amides is 2. The Labute approximate surface area is 212 Å². The molecule has 2 heterocycles. The Morgan fingerprint density at radius 3 is 2.64 bits per heavy atom. The summed E-state index contributed by atoms with van der Waals surface area (Å²) in [6, 6.07) is 18.8. The number of benzene rings is 3. The van der Waals surface area contributed by atoms with E-state index in [0.29, 0.717) is 35.3 Å². The number of aromatic amines is 1. The Bertz CT molecular complexity index is 1430. The first kappa shape index (κ1) is 23.4. The number of H-pyrrole nitrogens is 1. The summed E-state index contributed by atoms with van der Waals surface area (Å²) >= 11 is 5.94. The monoisotopic (exact) mass is 502 g/mol. The third-order valence-electron chi connectivity index (χ3n) is 5.78. The zero-order chi connectivity index (χ0) is 24.9. The maximum absolute atomic E-state index is 13.1. The van der Waals surface area contributed by atoms with Gasteiger partial charge in [-0.1, -0.05) is 29.8 Å². The number of carbonyl (C=O) groups is 2. The molecule has 0 bridgehead atoms. The van der Waals surface area contributed by atoms with Crippen molar-refractivity contribution < 1.29 is 19.1 Å². The number of carbonyl (C=O) groups excluding carboxylic acids is 2. The lowest BCUT2D eigenvalue weighted by Crippen LogP contribution is -2.46. The van der Waals surface area contributed by atoms with Crippen molar-refractivity contribution >= 4 is 40.5 Å². The predicted molar refractivity (Wildman–Crippen MR) is 138 cm³/mol. The SMILES string of the molecule is O=C(N[C@@H](Cc1c[nH]c2ccccc12)C(=O)N/N=C\c1ccc2c(c1)OCCO2)c1ccc(Cl)cc1. The number of halogens is 1. The Hall–Kier alpha value is -4.30. The van der Waals surface area contributed by atoms with Gasteiger partial charge in [0.2, 0.25) is 0 Å². The number of para-hydroxylation sites is 1. The van der Waals surface area contributed by atoms with Crippen LogP contribution < -0.4 is 20.2 Å². The molecule has 0 saturated carbocycles. The van der Waals surface area contributed by atoms with Crippen LogP contribution in [-0.2, 0) is 11.2 Å². The quantitative estimate of drug-likeness (QED) is 0.261. The van der Waals surface area contributed by atoms with Crippen molar-refractivity contribution in [3.63, 3.8) is 0 Å². The molecule has 0 saturated heterocycles. The van der Waals surface area contributed by atoms with Gasteiger partial charge in [0.1, 0.15) is 19.3 Å². The smallest absolute Gasteiger partial charge is 0.262 e. The fourth-order valence-electron chi connectivity index (χ4n) is 3.96. The van der Waals surface area contributed by atoms with Crippen molar-refractivity contribution in [2.45, 2.75) is 12.5 Å². The van der Waals surface area contributed by atoms with Gasteiger partial charge in [0.25, 0.3) is 11.8 Å². The summed E-state index contributed by atoms with van der Waals surface area (Å²) in [5, 5.41) is 8.43. The molecule has 0 fully saturated rings. The Morgan fingerprint density at radius 2 is 1.81 bits per heavy atom. The van der Waals surface area contributed by atoms with Gasteiger partial charge in [0.15, 0.2) is 11.5 Å². The Kier molecular flexibility index (Phi) is 6.86. The van der Waals surface area contributed by atoms with Crippen LogP contribution in [0, 0.1) is 0 Å². The fourth-order valence-corrected chi connectivity index (χ4v) is 4.09. The second-order valence-corrected chi connectivity index (χ2v) is 8.67. The van der Waals surface area contributed by atoms with E-state index in [1.807, 2.05) is 36.5 Å². The number of hydrazone groups is 1. The number of fused-ring (bicyclic) bond motifs is 2. The van der Waals surface area contributed by atoms with Crippen molar-refractivity contribution in [2.75, 3.05) is 13.2 Å². The summed E-state index contributed by atoms with van der Waals surface area (Å²) < 4.78 is 11.1. The highest BCUT2D eigenvalue weighted by atomic mass is 35.5. The average molecular weight is 503 g/mol. The average Bonchev–Trinajstić information content (AvgIpc) is 3.31. The maximum atomic E-state index is 13.1. The van der Waals surface area contributed by atoms with E-state index in [9.17, 15) is 9.59 Å². The molecule has 4 aromatic rings. The van der Waals surface area contributed by atoms with Crippen LogP contribution in [0.5, 0.6) is 11.5 Å². The molecule has 5 rings (SSSR count). The highest BCUT2D eigenvalue weighted by Crippen LogP contribution is 2.30. The lowest BCUT2D eigenvalue weighted by molar-refractivity contribution is -0.122. The molecule has 1 aliphatic heterocycles. The van der Waals surface area contributed by atoms with Crippen molar-refractivity contribution in [2.24, 2.45) is 5.10 Å². The van der Waals surface area contributed by atoms with Gasteiger partial charge in [0.05, 0.1) is 6.21 Å². The number of hydrogen-bond donors (Lipinski definition) is 3. The summed E-state index contributed by atoms with van der Waals surface area (Å²) in [5.74, 6) is 0.467. The third kappa shape index (κ3) is 5.34. The number of hydrogen-bond acceptors (Lipinski definition) is 5. The molecule has 8 nitrogen and oxygen atoms in total. The molecule has 0 spiro atoms. The van der Waals surface area contributed by atoms with E-state index in [2.05, 4.69) is 20.8 Å². The molecular weight excluding hydrogens is 480 g/mol. The van der Waals surface area contributed by atoms with Crippen molar-refractivity contribution in [1.29, 1.82) is 0 Å². The van der Waals surface area contributed by atoms with Gasteiger partial charge in [-0.15, -0.1) is 0 Å². The van der Waals surface area contributed by atoms with Crippen LogP contribution in [0.25, 0.3) is 10.9 Å². The van der Waals surface area contributed by atoms with Crippen molar-refractivity contribution in [1.82, 2.24) is 15.7 Å².